The molecule has 2 aliphatic heterocycles. The van der Waals surface area contributed by atoms with Crippen molar-refractivity contribution in [2.75, 3.05) is 34.7 Å². The molecule has 2 aliphatic rings. The van der Waals surface area contributed by atoms with Crippen LogP contribution in [0.1, 0.15) is 18.0 Å². The normalized spacial score (nSPS) is 16.0. The number of aromatic amines is 1. The van der Waals surface area contributed by atoms with Crippen LogP contribution < -0.4 is 8.43 Å². The second-order valence-electron chi connectivity index (χ2n) is 10.4. The van der Waals surface area contributed by atoms with E-state index >= 15 is 4.39 Å². The van der Waals surface area contributed by atoms with E-state index in [1.54, 1.807) is 18.2 Å². The van der Waals surface area contributed by atoms with E-state index in [0.29, 0.717) is 47.5 Å². The molecule has 0 bridgehead atoms. The monoisotopic (exact) mass is 703 g/mol. The van der Waals surface area contributed by atoms with Crippen LogP contribution in [0.4, 0.5) is 24.5 Å². The maximum absolute atomic E-state index is 15.8. The first-order valence-corrected chi connectivity index (χ1v) is 15.4. The fraction of sp³-hybridized carbons (Fsp3) is 0.276. The highest BCUT2D eigenvalue weighted by Crippen LogP contribution is 2.41. The Labute approximate surface area is 254 Å². The summed E-state index contributed by atoms with van der Waals surface area (Å²) < 4.78 is 66.4. The summed E-state index contributed by atoms with van der Waals surface area (Å²) in [5.41, 5.74) is 4.20. The largest absolute Gasteiger partial charge is 0.415 e. The maximum atomic E-state index is 15.8. The third kappa shape index (κ3) is 5.38. The Balaban J connectivity index is 1.18. The van der Waals surface area contributed by atoms with Gasteiger partial charge in [0.05, 0.1) is 54.5 Å². The molecule has 0 atom stereocenters. The van der Waals surface area contributed by atoms with Gasteiger partial charge in [-0.1, -0.05) is 12.1 Å². The number of pyridine rings is 1. The maximum Gasteiger partial charge on any atom is 0.314 e. The van der Waals surface area contributed by atoms with E-state index in [4.69, 9.17) is 9.15 Å². The fourth-order valence-corrected chi connectivity index (χ4v) is 6.63. The Kier molecular flexibility index (Phi) is 7.56. The van der Waals surface area contributed by atoms with Crippen LogP contribution in [-0.4, -0.2) is 63.5 Å². The number of halogens is 4. The van der Waals surface area contributed by atoms with Gasteiger partial charge in [-0.2, -0.15) is 8.78 Å². The number of aromatic nitrogens is 4. The molecule has 43 heavy (non-hydrogen) atoms. The molecule has 2 N–H and O–H groups in total. The molecular formula is C29H25F3IN7O3. The van der Waals surface area contributed by atoms with E-state index < -0.39 is 39.6 Å². The molecule has 14 heteroatoms. The van der Waals surface area contributed by atoms with Gasteiger partial charge < -0.3 is 19.5 Å². The minimum Gasteiger partial charge on any atom is -0.415 e. The highest BCUT2D eigenvalue weighted by atomic mass is 127. The van der Waals surface area contributed by atoms with Gasteiger partial charge >= 0.3 is 6.43 Å². The Morgan fingerprint density at radius 1 is 1.12 bits per heavy atom. The number of nitrogens with zero attached hydrogens (tertiary/aromatic N) is 5. The number of anilines is 2. The Hall–Kier alpha value is -3.89. The topological polar surface area (TPSA) is 112 Å². The van der Waals surface area contributed by atoms with Gasteiger partial charge in [-0.3, -0.25) is 13.0 Å². The van der Waals surface area contributed by atoms with Crippen molar-refractivity contribution in [3.8, 4) is 22.6 Å². The van der Waals surface area contributed by atoms with Gasteiger partial charge in [-0.15, -0.1) is 10.2 Å². The van der Waals surface area contributed by atoms with Crippen LogP contribution in [-0.2, 0) is 14.4 Å². The molecule has 0 amide bonds. The highest BCUT2D eigenvalue weighted by molar-refractivity contribution is 14.1. The van der Waals surface area contributed by atoms with E-state index in [2.05, 4.69) is 30.4 Å². The molecule has 0 radical (unpaired) electrons. The van der Waals surface area contributed by atoms with Gasteiger partial charge in [0, 0.05) is 41.9 Å². The molecular weight excluding hydrogens is 678 g/mol. The third-order valence-corrected chi connectivity index (χ3v) is 9.51. The first-order valence-electron chi connectivity index (χ1n) is 13.6. The molecule has 5 heterocycles. The van der Waals surface area contributed by atoms with Crippen molar-refractivity contribution in [1.29, 1.82) is 0 Å². The average Bonchev–Trinajstić information content (AvgIpc) is 3.65. The molecule has 2 saturated heterocycles. The number of hydrogen-bond acceptors (Lipinski definition) is 8. The van der Waals surface area contributed by atoms with Gasteiger partial charge in [0.15, 0.2) is 0 Å². The van der Waals surface area contributed by atoms with Crippen LogP contribution in [0, 0.1) is 5.82 Å². The zero-order valence-corrected chi connectivity index (χ0v) is 24.7. The van der Waals surface area contributed by atoms with E-state index in [1.807, 2.05) is 33.6 Å². The van der Waals surface area contributed by atoms with Crippen LogP contribution in [0.25, 0.3) is 33.5 Å². The molecule has 0 unspecified atom stereocenters. The molecule has 222 valence electrons. The number of alkyl halides is 2. The molecule has 7 rings (SSSR count). The Morgan fingerprint density at radius 2 is 1.98 bits per heavy atom. The smallest absolute Gasteiger partial charge is 0.314 e. The van der Waals surface area contributed by atoms with Crippen molar-refractivity contribution in [2.45, 2.75) is 25.1 Å². The lowest BCUT2D eigenvalue weighted by Gasteiger charge is -2.49. The van der Waals surface area contributed by atoms with Gasteiger partial charge in [-0.25, -0.2) is 7.46 Å². The summed E-state index contributed by atoms with van der Waals surface area (Å²) in [4.78, 5) is 9.87. The summed E-state index contributed by atoms with van der Waals surface area (Å²) >= 11 is -1.63. The van der Waals surface area contributed by atoms with Crippen molar-refractivity contribution in [2.24, 2.45) is 0 Å². The van der Waals surface area contributed by atoms with Crippen molar-refractivity contribution in [1.82, 2.24) is 25.1 Å². The molecule has 0 aliphatic carbocycles. The van der Waals surface area contributed by atoms with Crippen molar-refractivity contribution in [3.05, 3.63) is 78.3 Å². The lowest BCUT2D eigenvalue weighted by Crippen LogP contribution is -2.64. The van der Waals surface area contributed by atoms with Crippen molar-refractivity contribution < 1.29 is 25.4 Å². The summed E-state index contributed by atoms with van der Waals surface area (Å²) in [6.07, 6.45) is 0.408. The van der Waals surface area contributed by atoms with Gasteiger partial charge in [0.25, 0.3) is 27.4 Å². The molecule has 0 saturated carbocycles. The predicted molar refractivity (Wildman–Crippen MR) is 161 cm³/mol. The van der Waals surface area contributed by atoms with Crippen LogP contribution in [0.3, 0.4) is 0 Å². The van der Waals surface area contributed by atoms with Crippen LogP contribution in [0.15, 0.2) is 65.3 Å². The fourth-order valence-electron chi connectivity index (χ4n) is 5.34. The minimum absolute atomic E-state index is 0.0257. The standard InChI is InChI=1S/C29H25F3IN7O3/c30-23-9-25(36-11-17-5-4-16(10-35-17)28-37-38-29(43-28)27(31)32)26(40(33-41)18-12-39(13-18)19-14-42-15-19)8-22(23)20-2-1-3-24-21(20)6-7-34-24/h1-10,18-19,27,34,36H,11-15H2. The Morgan fingerprint density at radius 3 is 2.67 bits per heavy atom. The summed E-state index contributed by atoms with van der Waals surface area (Å²) in [6.45, 7) is 3.15. The minimum atomic E-state index is -2.86. The first-order chi connectivity index (χ1) is 21.0. The summed E-state index contributed by atoms with van der Waals surface area (Å²) in [7, 11) is 0. The second kappa shape index (κ2) is 11.7. The predicted octanol–water partition coefficient (Wildman–Crippen LogP) is 6.09. The van der Waals surface area contributed by atoms with Crippen molar-refractivity contribution in [3.63, 3.8) is 0 Å². The second-order valence-corrected chi connectivity index (χ2v) is 11.8. The number of fused-ring (bicyclic) bond motifs is 1. The van der Waals surface area contributed by atoms with E-state index in [-0.39, 0.29) is 18.5 Å². The summed E-state index contributed by atoms with van der Waals surface area (Å²) in [6, 6.07) is 14.6. The van der Waals surface area contributed by atoms with E-state index in [1.165, 1.54) is 12.3 Å². The Bertz CT molecular complexity index is 1770. The number of ether oxygens (including phenoxy) is 1. The number of benzene rings is 2. The number of likely N-dealkylation sites (tertiary alicyclic amines) is 1. The lowest BCUT2D eigenvalue weighted by atomic mass is 9.98. The molecule has 3 aromatic heterocycles. The van der Waals surface area contributed by atoms with Gasteiger partial charge in [0.2, 0.25) is 5.89 Å². The molecule has 5 aromatic rings. The SMILES string of the molecule is O=IN(c1cc(-c2cccc3[nH]ccc23)c(F)cc1NCc1ccc(-c2nnc(C(F)F)o2)cn1)C1CN(C2COC2)C1. The van der Waals surface area contributed by atoms with Gasteiger partial charge in [0.1, 0.15) is 5.82 Å². The average molecular weight is 703 g/mol. The molecule has 2 aromatic carbocycles. The van der Waals surface area contributed by atoms with Crippen LogP contribution >= 0.6 is 21.5 Å². The van der Waals surface area contributed by atoms with Crippen LogP contribution in [0.2, 0.25) is 0 Å². The number of hydrogen-bond donors (Lipinski definition) is 2. The zero-order chi connectivity index (χ0) is 29.5. The number of H-pyrrole nitrogens is 1. The highest BCUT2D eigenvalue weighted by Gasteiger charge is 2.40. The summed E-state index contributed by atoms with van der Waals surface area (Å²) in [5.74, 6) is -1.23. The first kappa shape index (κ1) is 27.9. The quantitative estimate of drug-likeness (QED) is 0.132. The third-order valence-electron chi connectivity index (χ3n) is 7.78. The van der Waals surface area contributed by atoms with E-state index in [9.17, 15) is 11.8 Å². The molecule has 10 nitrogen and oxygen atoms in total. The zero-order valence-electron chi connectivity index (χ0n) is 22.5. The van der Waals surface area contributed by atoms with Gasteiger partial charge in [-0.05, 0) is 42.0 Å². The summed E-state index contributed by atoms with van der Waals surface area (Å²) in [5, 5.41) is 11.2. The molecule has 2 fully saturated rings. The lowest BCUT2D eigenvalue weighted by molar-refractivity contribution is -0.0884. The number of rotatable bonds is 10. The molecule has 0 spiro atoms. The van der Waals surface area contributed by atoms with Crippen LogP contribution in [0.5, 0.6) is 0 Å². The van der Waals surface area contributed by atoms with Crippen molar-refractivity contribution >= 4 is 43.7 Å². The number of nitrogens with one attached hydrogen (secondary N) is 2. The van der Waals surface area contributed by atoms with E-state index in [0.717, 1.165) is 29.6 Å².